The van der Waals surface area contributed by atoms with Gasteiger partial charge in [0.2, 0.25) is 5.91 Å². The van der Waals surface area contributed by atoms with E-state index >= 15 is 0 Å². The van der Waals surface area contributed by atoms with Crippen LogP contribution in [0, 0.1) is 6.92 Å². The van der Waals surface area contributed by atoms with Crippen LogP contribution in [-0.4, -0.2) is 25.1 Å². The molecule has 0 saturated carbocycles. The minimum Gasteiger partial charge on any atom is -0.496 e. The van der Waals surface area contributed by atoms with Crippen LogP contribution in [0.3, 0.4) is 0 Å². The number of ether oxygens (including phenoxy) is 2. The molecule has 0 aliphatic heterocycles. The summed E-state index contributed by atoms with van der Waals surface area (Å²) in [4.78, 5) is 24.7. The molecule has 1 N–H and O–H groups in total. The Balaban J connectivity index is 2.09. The largest absolute Gasteiger partial charge is 0.496 e. The molecule has 1 amide bonds. The number of benzene rings is 2. The lowest BCUT2D eigenvalue weighted by Gasteiger charge is -2.19. The van der Waals surface area contributed by atoms with E-state index in [2.05, 4.69) is 5.32 Å². The molecule has 0 saturated heterocycles. The third-order valence-electron chi connectivity index (χ3n) is 4.11. The third-order valence-corrected chi connectivity index (χ3v) is 4.11. The van der Waals surface area contributed by atoms with Crippen molar-refractivity contribution < 1.29 is 19.1 Å². The van der Waals surface area contributed by atoms with Crippen molar-refractivity contribution in [1.29, 1.82) is 0 Å². The SMILES string of the molecule is COc1cc(CC(=O)NC(CC(=O)OC(C)C)c2ccccc2)ccc1C. The van der Waals surface area contributed by atoms with Gasteiger partial charge in [-0.15, -0.1) is 0 Å². The Bertz CT molecular complexity index is 771. The lowest BCUT2D eigenvalue weighted by Crippen LogP contribution is -2.32. The summed E-state index contributed by atoms with van der Waals surface area (Å²) in [7, 11) is 1.61. The molecule has 144 valence electrons. The molecule has 0 heterocycles. The van der Waals surface area contributed by atoms with Gasteiger partial charge in [-0.3, -0.25) is 9.59 Å². The van der Waals surface area contributed by atoms with Crippen molar-refractivity contribution in [3.8, 4) is 5.75 Å². The number of amides is 1. The number of aryl methyl sites for hydroxylation is 1. The molecule has 27 heavy (non-hydrogen) atoms. The standard InChI is InChI=1S/C22H27NO4/c1-15(2)27-22(25)14-19(18-8-6-5-7-9-18)23-21(24)13-17-11-10-16(3)20(12-17)26-4/h5-12,15,19H,13-14H2,1-4H3,(H,23,24). The third kappa shape index (κ3) is 6.44. The molecule has 2 aromatic carbocycles. The number of hydrogen-bond acceptors (Lipinski definition) is 4. The second kappa shape index (κ2) is 9.76. The number of rotatable bonds is 8. The minimum atomic E-state index is -0.433. The number of hydrogen-bond donors (Lipinski definition) is 1. The van der Waals surface area contributed by atoms with Gasteiger partial charge < -0.3 is 14.8 Å². The van der Waals surface area contributed by atoms with Gasteiger partial charge in [0.25, 0.3) is 0 Å². The number of methoxy groups -OCH3 is 1. The number of esters is 1. The highest BCUT2D eigenvalue weighted by Gasteiger charge is 2.20. The van der Waals surface area contributed by atoms with Gasteiger partial charge in [-0.2, -0.15) is 0 Å². The van der Waals surface area contributed by atoms with E-state index in [-0.39, 0.29) is 30.8 Å². The van der Waals surface area contributed by atoms with Crippen molar-refractivity contribution in [2.24, 2.45) is 0 Å². The Labute approximate surface area is 160 Å². The molecular weight excluding hydrogens is 342 g/mol. The summed E-state index contributed by atoms with van der Waals surface area (Å²) in [5, 5.41) is 2.96. The fraction of sp³-hybridized carbons (Fsp3) is 0.364. The van der Waals surface area contributed by atoms with Crippen LogP contribution in [0.1, 0.15) is 43.0 Å². The molecule has 5 heteroatoms. The summed E-state index contributed by atoms with van der Waals surface area (Å²) in [5.41, 5.74) is 2.74. The molecule has 0 aliphatic carbocycles. The van der Waals surface area contributed by atoms with E-state index in [9.17, 15) is 9.59 Å². The van der Waals surface area contributed by atoms with Crippen LogP contribution < -0.4 is 10.1 Å². The topological polar surface area (TPSA) is 64.6 Å². The summed E-state index contributed by atoms with van der Waals surface area (Å²) in [6, 6.07) is 14.7. The van der Waals surface area contributed by atoms with Gasteiger partial charge in [0.1, 0.15) is 5.75 Å². The zero-order valence-corrected chi connectivity index (χ0v) is 16.3. The van der Waals surface area contributed by atoms with Crippen molar-refractivity contribution in [3.63, 3.8) is 0 Å². The quantitative estimate of drug-likeness (QED) is 0.720. The predicted molar refractivity (Wildman–Crippen MR) is 105 cm³/mol. The minimum absolute atomic E-state index is 0.0884. The van der Waals surface area contributed by atoms with Crippen molar-refractivity contribution in [2.75, 3.05) is 7.11 Å². The van der Waals surface area contributed by atoms with Crippen molar-refractivity contribution in [3.05, 3.63) is 65.2 Å². The zero-order chi connectivity index (χ0) is 19.8. The van der Waals surface area contributed by atoms with Crippen LogP contribution in [0.25, 0.3) is 0 Å². The maximum absolute atomic E-state index is 12.6. The molecule has 1 unspecified atom stereocenters. The molecular formula is C22H27NO4. The first kappa shape index (κ1) is 20.5. The van der Waals surface area contributed by atoms with E-state index < -0.39 is 6.04 Å². The second-order valence-corrected chi connectivity index (χ2v) is 6.75. The molecule has 0 fully saturated rings. The number of nitrogens with one attached hydrogen (secondary N) is 1. The van der Waals surface area contributed by atoms with Gasteiger partial charge in [-0.05, 0) is 43.5 Å². The van der Waals surface area contributed by atoms with Gasteiger partial charge in [0, 0.05) is 0 Å². The van der Waals surface area contributed by atoms with E-state index in [4.69, 9.17) is 9.47 Å². The summed E-state index contributed by atoms with van der Waals surface area (Å²) >= 11 is 0. The van der Waals surface area contributed by atoms with Gasteiger partial charge in [-0.25, -0.2) is 0 Å². The predicted octanol–water partition coefficient (Wildman–Crippen LogP) is 3.75. The average molecular weight is 369 g/mol. The summed E-state index contributed by atoms with van der Waals surface area (Å²) in [6.07, 6.45) is 0.106. The van der Waals surface area contributed by atoms with Gasteiger partial charge in [-0.1, -0.05) is 42.5 Å². The van der Waals surface area contributed by atoms with Crippen LogP contribution >= 0.6 is 0 Å². The van der Waals surface area contributed by atoms with Crippen molar-refractivity contribution in [2.45, 2.75) is 45.8 Å². The molecule has 0 aromatic heterocycles. The van der Waals surface area contributed by atoms with Gasteiger partial charge in [0.05, 0.1) is 32.1 Å². The fourth-order valence-electron chi connectivity index (χ4n) is 2.82. The van der Waals surface area contributed by atoms with E-state index in [1.54, 1.807) is 21.0 Å². The number of carbonyl (C=O) groups is 2. The lowest BCUT2D eigenvalue weighted by atomic mass is 10.0. The molecule has 0 radical (unpaired) electrons. The summed E-state index contributed by atoms with van der Waals surface area (Å²) in [5.74, 6) is 0.253. The Morgan fingerprint density at radius 2 is 1.78 bits per heavy atom. The van der Waals surface area contributed by atoms with Crippen LogP contribution in [0.4, 0.5) is 0 Å². The van der Waals surface area contributed by atoms with Crippen LogP contribution in [-0.2, 0) is 20.7 Å². The fourth-order valence-corrected chi connectivity index (χ4v) is 2.82. The highest BCUT2D eigenvalue weighted by atomic mass is 16.5. The smallest absolute Gasteiger partial charge is 0.308 e. The molecule has 0 aliphatic rings. The summed E-state index contributed by atoms with van der Waals surface area (Å²) in [6.45, 7) is 5.56. The van der Waals surface area contributed by atoms with Crippen molar-refractivity contribution >= 4 is 11.9 Å². The first-order chi connectivity index (χ1) is 12.9. The van der Waals surface area contributed by atoms with E-state index in [1.165, 1.54) is 0 Å². The van der Waals surface area contributed by atoms with E-state index in [1.807, 2.05) is 55.5 Å². The first-order valence-electron chi connectivity index (χ1n) is 9.06. The zero-order valence-electron chi connectivity index (χ0n) is 16.3. The van der Waals surface area contributed by atoms with Gasteiger partial charge in [0.15, 0.2) is 0 Å². The monoisotopic (exact) mass is 369 g/mol. The van der Waals surface area contributed by atoms with Crippen LogP contribution in [0.5, 0.6) is 5.75 Å². The molecule has 5 nitrogen and oxygen atoms in total. The lowest BCUT2D eigenvalue weighted by molar-refractivity contribution is -0.148. The highest BCUT2D eigenvalue weighted by molar-refractivity contribution is 5.80. The maximum atomic E-state index is 12.6. The second-order valence-electron chi connectivity index (χ2n) is 6.75. The Kier molecular flexibility index (Phi) is 7.41. The maximum Gasteiger partial charge on any atom is 0.308 e. The molecule has 0 spiro atoms. The Morgan fingerprint density at radius 1 is 1.07 bits per heavy atom. The van der Waals surface area contributed by atoms with E-state index in [0.717, 1.165) is 22.4 Å². The van der Waals surface area contributed by atoms with E-state index in [0.29, 0.717) is 0 Å². The molecule has 2 aromatic rings. The first-order valence-corrected chi connectivity index (χ1v) is 9.06. The molecule has 2 rings (SSSR count). The normalized spacial score (nSPS) is 11.7. The van der Waals surface area contributed by atoms with Crippen LogP contribution in [0.2, 0.25) is 0 Å². The molecule has 1 atom stereocenters. The average Bonchev–Trinajstić information content (AvgIpc) is 2.62. The number of carbonyl (C=O) groups excluding carboxylic acids is 2. The van der Waals surface area contributed by atoms with Gasteiger partial charge >= 0.3 is 5.97 Å². The summed E-state index contributed by atoms with van der Waals surface area (Å²) < 4.78 is 10.6. The molecule has 0 bridgehead atoms. The Hall–Kier alpha value is -2.82. The van der Waals surface area contributed by atoms with Crippen LogP contribution in [0.15, 0.2) is 48.5 Å². The van der Waals surface area contributed by atoms with Crippen molar-refractivity contribution in [1.82, 2.24) is 5.32 Å². The Morgan fingerprint density at radius 3 is 2.41 bits per heavy atom. The highest BCUT2D eigenvalue weighted by Crippen LogP contribution is 2.21.